The number of nitrogens with zero attached hydrogens (tertiary/aromatic N) is 2. The average Bonchev–Trinajstić information content (AvgIpc) is 3.16. The number of esters is 1. The molecule has 1 N–H and O–H groups in total. The molecule has 0 bridgehead atoms. The third kappa shape index (κ3) is 4.54. The molecule has 0 spiro atoms. The second-order valence-electron chi connectivity index (χ2n) is 6.86. The van der Waals surface area contributed by atoms with Gasteiger partial charge >= 0.3 is 5.97 Å². The number of rotatable bonds is 6. The van der Waals surface area contributed by atoms with Gasteiger partial charge in [0.05, 0.1) is 12.2 Å². The van der Waals surface area contributed by atoms with Crippen molar-refractivity contribution in [1.29, 1.82) is 0 Å². The molecule has 142 valence electrons. The van der Waals surface area contributed by atoms with Crippen LogP contribution in [0.2, 0.25) is 0 Å². The van der Waals surface area contributed by atoms with Crippen molar-refractivity contribution >= 4 is 33.4 Å². The number of benzene rings is 1. The number of carbonyl (C=O) groups is 2. The van der Waals surface area contributed by atoms with Gasteiger partial charge in [-0.25, -0.2) is 4.79 Å². The Morgan fingerprint density at radius 1 is 1.22 bits per heavy atom. The van der Waals surface area contributed by atoms with E-state index in [0.29, 0.717) is 11.4 Å². The third-order valence-corrected chi connectivity index (χ3v) is 5.17. The van der Waals surface area contributed by atoms with Crippen molar-refractivity contribution in [1.82, 2.24) is 15.1 Å². The Kier molecular flexibility index (Phi) is 5.60. The van der Waals surface area contributed by atoms with E-state index in [0.717, 1.165) is 21.5 Å². The van der Waals surface area contributed by atoms with Crippen molar-refractivity contribution in [2.75, 3.05) is 6.61 Å². The van der Waals surface area contributed by atoms with Gasteiger partial charge in [0.2, 0.25) is 0 Å². The lowest BCUT2D eigenvalue weighted by Crippen LogP contribution is -2.33. The van der Waals surface area contributed by atoms with Crippen LogP contribution in [0, 0.1) is 13.8 Å². The van der Waals surface area contributed by atoms with Gasteiger partial charge < -0.3 is 10.1 Å². The third-order valence-electron chi connectivity index (χ3n) is 4.05. The quantitative estimate of drug-likeness (QED) is 0.660. The Bertz CT molecular complexity index is 970. The van der Waals surface area contributed by atoms with Crippen LogP contribution in [0.3, 0.4) is 0 Å². The normalized spacial score (nSPS) is 11.1. The Balaban J connectivity index is 1.76. The van der Waals surface area contributed by atoms with Crippen molar-refractivity contribution in [2.24, 2.45) is 0 Å². The summed E-state index contributed by atoms with van der Waals surface area (Å²) in [6.07, 6.45) is 0. The topological polar surface area (TPSA) is 73.2 Å². The number of thiophene rings is 1. The van der Waals surface area contributed by atoms with Gasteiger partial charge in [-0.15, -0.1) is 11.3 Å². The molecule has 1 aromatic carbocycles. The molecule has 6 nitrogen and oxygen atoms in total. The van der Waals surface area contributed by atoms with E-state index < -0.39 is 5.97 Å². The van der Waals surface area contributed by atoms with Gasteiger partial charge in [0.15, 0.2) is 6.61 Å². The first-order chi connectivity index (χ1) is 12.8. The first-order valence-corrected chi connectivity index (χ1v) is 9.64. The molecule has 0 unspecified atom stereocenters. The van der Waals surface area contributed by atoms with Crippen LogP contribution in [0.1, 0.15) is 40.3 Å². The minimum absolute atomic E-state index is 0.0101. The number of nitrogens with one attached hydrogen (secondary N) is 1. The zero-order valence-corrected chi connectivity index (χ0v) is 16.7. The molecule has 2 aromatic heterocycles. The van der Waals surface area contributed by atoms with E-state index in [1.807, 2.05) is 25.5 Å². The summed E-state index contributed by atoms with van der Waals surface area (Å²) < 4.78 is 7.04. The van der Waals surface area contributed by atoms with Crippen molar-refractivity contribution in [3.63, 3.8) is 0 Å². The molecule has 7 heteroatoms. The van der Waals surface area contributed by atoms with E-state index >= 15 is 0 Å². The van der Waals surface area contributed by atoms with Crippen LogP contribution in [0.5, 0.6) is 0 Å². The molecule has 1 amide bonds. The van der Waals surface area contributed by atoms with E-state index in [1.165, 1.54) is 16.9 Å². The highest BCUT2D eigenvalue weighted by Gasteiger charge is 2.18. The van der Waals surface area contributed by atoms with E-state index in [2.05, 4.69) is 41.6 Å². The highest BCUT2D eigenvalue weighted by molar-refractivity contribution is 7.20. The molecule has 0 aliphatic heterocycles. The van der Waals surface area contributed by atoms with Gasteiger partial charge in [-0.05, 0) is 39.3 Å². The number of aromatic nitrogens is 2. The predicted octanol–water partition coefficient (Wildman–Crippen LogP) is 3.44. The van der Waals surface area contributed by atoms with Gasteiger partial charge in [0.25, 0.3) is 5.91 Å². The second-order valence-corrected chi connectivity index (χ2v) is 7.89. The molecule has 0 radical (unpaired) electrons. The molecule has 0 saturated carbocycles. The van der Waals surface area contributed by atoms with Crippen LogP contribution in [0.15, 0.2) is 30.3 Å². The van der Waals surface area contributed by atoms with Crippen LogP contribution in [0.4, 0.5) is 0 Å². The monoisotopic (exact) mass is 385 g/mol. The number of fused-ring (bicyclic) bond motifs is 1. The van der Waals surface area contributed by atoms with E-state index in [1.54, 1.807) is 6.07 Å². The van der Waals surface area contributed by atoms with Gasteiger partial charge in [0.1, 0.15) is 9.71 Å². The van der Waals surface area contributed by atoms with Crippen molar-refractivity contribution in [3.05, 3.63) is 52.0 Å². The number of amides is 1. The maximum Gasteiger partial charge on any atom is 0.348 e. The van der Waals surface area contributed by atoms with E-state index in [-0.39, 0.29) is 18.6 Å². The zero-order chi connectivity index (χ0) is 19.6. The SMILES string of the molecule is Cc1ccc(Cn2nc(C)c3cc(C(=O)OCC(=O)NC(C)C)sc32)cc1. The number of ether oxygens (including phenoxy) is 1. The fraction of sp³-hybridized carbons (Fsp3) is 0.350. The van der Waals surface area contributed by atoms with Crippen LogP contribution >= 0.6 is 11.3 Å². The largest absolute Gasteiger partial charge is 0.451 e. The van der Waals surface area contributed by atoms with Crippen molar-refractivity contribution in [3.8, 4) is 0 Å². The molecule has 27 heavy (non-hydrogen) atoms. The Morgan fingerprint density at radius 3 is 2.59 bits per heavy atom. The van der Waals surface area contributed by atoms with E-state index in [9.17, 15) is 9.59 Å². The Labute approximate surface area is 162 Å². The summed E-state index contributed by atoms with van der Waals surface area (Å²) in [6.45, 7) is 8.04. The highest BCUT2D eigenvalue weighted by Crippen LogP contribution is 2.29. The van der Waals surface area contributed by atoms with Gasteiger partial charge in [0, 0.05) is 11.4 Å². The van der Waals surface area contributed by atoms with Gasteiger partial charge in [-0.1, -0.05) is 29.8 Å². The average molecular weight is 385 g/mol. The van der Waals surface area contributed by atoms with Gasteiger partial charge in [-0.3, -0.25) is 9.48 Å². The minimum atomic E-state index is -0.489. The fourth-order valence-corrected chi connectivity index (χ4v) is 3.81. The van der Waals surface area contributed by atoms with Crippen molar-refractivity contribution in [2.45, 2.75) is 40.3 Å². The number of hydrogen-bond acceptors (Lipinski definition) is 5. The summed E-state index contributed by atoms with van der Waals surface area (Å²) in [5, 5.41) is 8.22. The predicted molar refractivity (Wildman–Crippen MR) is 106 cm³/mol. The summed E-state index contributed by atoms with van der Waals surface area (Å²) in [4.78, 5) is 25.3. The highest BCUT2D eigenvalue weighted by atomic mass is 32.1. The molecule has 0 saturated heterocycles. The van der Waals surface area contributed by atoms with Crippen LogP contribution in [-0.4, -0.2) is 34.3 Å². The molecular weight excluding hydrogens is 362 g/mol. The summed E-state index contributed by atoms with van der Waals surface area (Å²) in [5.41, 5.74) is 3.22. The van der Waals surface area contributed by atoms with E-state index in [4.69, 9.17) is 4.74 Å². The summed E-state index contributed by atoms with van der Waals surface area (Å²) >= 11 is 1.34. The first kappa shape index (κ1) is 19.1. The Hall–Kier alpha value is -2.67. The lowest BCUT2D eigenvalue weighted by Gasteiger charge is -2.08. The summed E-state index contributed by atoms with van der Waals surface area (Å²) in [7, 11) is 0. The fourth-order valence-electron chi connectivity index (χ4n) is 2.75. The van der Waals surface area contributed by atoms with Gasteiger partial charge in [-0.2, -0.15) is 5.10 Å². The maximum absolute atomic E-state index is 12.3. The molecule has 3 rings (SSSR count). The van der Waals surface area contributed by atoms with Crippen LogP contribution < -0.4 is 5.32 Å². The summed E-state index contributed by atoms with van der Waals surface area (Å²) in [5.74, 6) is -0.794. The summed E-state index contributed by atoms with van der Waals surface area (Å²) in [6, 6.07) is 10.1. The zero-order valence-electron chi connectivity index (χ0n) is 15.9. The molecule has 0 atom stereocenters. The van der Waals surface area contributed by atoms with Crippen LogP contribution in [0.25, 0.3) is 10.2 Å². The number of aryl methyl sites for hydroxylation is 2. The molecule has 2 heterocycles. The smallest absolute Gasteiger partial charge is 0.348 e. The second kappa shape index (κ2) is 7.92. The minimum Gasteiger partial charge on any atom is -0.451 e. The lowest BCUT2D eigenvalue weighted by molar-refractivity contribution is -0.124. The molecule has 0 fully saturated rings. The first-order valence-electron chi connectivity index (χ1n) is 8.82. The van der Waals surface area contributed by atoms with Crippen molar-refractivity contribution < 1.29 is 14.3 Å². The van der Waals surface area contributed by atoms with Crippen LogP contribution in [-0.2, 0) is 16.1 Å². The number of hydrogen-bond donors (Lipinski definition) is 1. The molecule has 3 aromatic rings. The molecule has 0 aliphatic rings. The lowest BCUT2D eigenvalue weighted by atomic mass is 10.1. The molecule has 0 aliphatic carbocycles. The standard InChI is InChI=1S/C20H23N3O3S/c1-12(2)21-18(24)11-26-20(25)17-9-16-14(4)22-23(19(16)27-17)10-15-7-5-13(3)6-8-15/h5-9,12H,10-11H2,1-4H3,(H,21,24). The number of carbonyl (C=O) groups excluding carboxylic acids is 2. The Morgan fingerprint density at radius 2 is 1.93 bits per heavy atom. The molecular formula is C20H23N3O3S. The maximum atomic E-state index is 12.3.